The molecule has 1 aliphatic rings. The number of nitrogen functional groups attached to an aromatic ring is 2. The number of piperidine rings is 1. The maximum absolute atomic E-state index is 11.8. The molecule has 1 saturated heterocycles. The fraction of sp³-hybridized carbons (Fsp3) is 0.583. The summed E-state index contributed by atoms with van der Waals surface area (Å²) in [4.78, 5) is 21.8. The van der Waals surface area contributed by atoms with Crippen LogP contribution in [-0.2, 0) is 9.53 Å². The molecule has 1 aliphatic heterocycles. The number of esters is 1. The van der Waals surface area contributed by atoms with Gasteiger partial charge in [0.1, 0.15) is 11.6 Å². The number of aromatic nitrogens is 2. The minimum Gasteiger partial charge on any atom is -0.466 e. The van der Waals surface area contributed by atoms with E-state index in [2.05, 4.69) is 9.97 Å². The minimum atomic E-state index is -0.151. The molecule has 2 rings (SSSR count). The van der Waals surface area contributed by atoms with E-state index in [0.29, 0.717) is 24.8 Å². The van der Waals surface area contributed by atoms with Crippen molar-refractivity contribution in [3.8, 4) is 0 Å². The number of nitrogens with zero attached hydrogens (tertiary/aromatic N) is 3. The molecule has 1 atom stereocenters. The Morgan fingerprint density at radius 2 is 2.32 bits per heavy atom. The predicted molar refractivity (Wildman–Crippen MR) is 72.4 cm³/mol. The Morgan fingerprint density at radius 3 is 3.00 bits per heavy atom. The van der Waals surface area contributed by atoms with Gasteiger partial charge in [-0.05, 0) is 19.8 Å². The van der Waals surface area contributed by atoms with Gasteiger partial charge in [-0.15, -0.1) is 0 Å². The van der Waals surface area contributed by atoms with Crippen molar-refractivity contribution in [2.45, 2.75) is 19.8 Å². The minimum absolute atomic E-state index is 0.119. The summed E-state index contributed by atoms with van der Waals surface area (Å²) >= 11 is 0. The number of ether oxygens (including phenoxy) is 1. The van der Waals surface area contributed by atoms with Crippen molar-refractivity contribution in [1.82, 2.24) is 9.97 Å². The number of rotatable bonds is 3. The van der Waals surface area contributed by atoms with E-state index in [1.807, 2.05) is 11.8 Å². The van der Waals surface area contributed by atoms with E-state index < -0.39 is 0 Å². The van der Waals surface area contributed by atoms with Crippen molar-refractivity contribution in [3.05, 3.63) is 6.07 Å². The average Bonchev–Trinajstić information content (AvgIpc) is 2.38. The van der Waals surface area contributed by atoms with Crippen LogP contribution in [0.25, 0.3) is 0 Å². The summed E-state index contributed by atoms with van der Waals surface area (Å²) in [5.41, 5.74) is 11.2. The number of hydrogen-bond acceptors (Lipinski definition) is 7. The standard InChI is InChI=1S/C12H19N5O2/c1-2-19-11(18)8-4-3-5-17(7-8)10-6-9(13)15-12(14)16-10/h6,8H,2-5,7H2,1H3,(H4,13,14,15,16). The van der Waals surface area contributed by atoms with Gasteiger partial charge in [0.25, 0.3) is 0 Å². The molecular weight excluding hydrogens is 246 g/mol. The van der Waals surface area contributed by atoms with Crippen molar-refractivity contribution in [2.24, 2.45) is 5.92 Å². The van der Waals surface area contributed by atoms with Crippen molar-refractivity contribution in [2.75, 3.05) is 36.1 Å². The Bertz CT molecular complexity index is 445. The molecule has 1 fully saturated rings. The van der Waals surface area contributed by atoms with Crippen LogP contribution in [0.15, 0.2) is 6.07 Å². The number of carbonyl (C=O) groups is 1. The Labute approximate surface area is 111 Å². The van der Waals surface area contributed by atoms with Gasteiger partial charge in [-0.1, -0.05) is 0 Å². The molecule has 4 N–H and O–H groups in total. The highest BCUT2D eigenvalue weighted by molar-refractivity contribution is 5.73. The van der Waals surface area contributed by atoms with Crippen LogP contribution < -0.4 is 16.4 Å². The first kappa shape index (κ1) is 13.4. The van der Waals surface area contributed by atoms with Crippen LogP contribution in [0.5, 0.6) is 0 Å². The molecule has 1 aromatic heterocycles. The maximum atomic E-state index is 11.8. The summed E-state index contributed by atoms with van der Waals surface area (Å²) in [6.45, 7) is 3.62. The average molecular weight is 265 g/mol. The highest BCUT2D eigenvalue weighted by Crippen LogP contribution is 2.23. The van der Waals surface area contributed by atoms with E-state index in [1.54, 1.807) is 6.07 Å². The molecule has 1 unspecified atom stereocenters. The first-order chi connectivity index (χ1) is 9.10. The van der Waals surface area contributed by atoms with Gasteiger partial charge in [-0.3, -0.25) is 4.79 Å². The molecule has 7 nitrogen and oxygen atoms in total. The van der Waals surface area contributed by atoms with Gasteiger partial charge in [0, 0.05) is 19.2 Å². The highest BCUT2D eigenvalue weighted by atomic mass is 16.5. The molecule has 2 heterocycles. The van der Waals surface area contributed by atoms with E-state index in [-0.39, 0.29) is 17.8 Å². The SMILES string of the molecule is CCOC(=O)C1CCCN(c2cc(N)nc(N)n2)C1. The summed E-state index contributed by atoms with van der Waals surface area (Å²) in [5.74, 6) is 0.876. The smallest absolute Gasteiger partial charge is 0.310 e. The van der Waals surface area contributed by atoms with E-state index in [9.17, 15) is 4.79 Å². The Kier molecular flexibility index (Phi) is 4.03. The third-order valence-electron chi connectivity index (χ3n) is 3.12. The molecule has 0 amide bonds. The molecule has 7 heteroatoms. The first-order valence-corrected chi connectivity index (χ1v) is 6.41. The van der Waals surface area contributed by atoms with Crippen molar-refractivity contribution < 1.29 is 9.53 Å². The summed E-state index contributed by atoms with van der Waals surface area (Å²) in [6.07, 6.45) is 1.75. The van der Waals surface area contributed by atoms with E-state index in [4.69, 9.17) is 16.2 Å². The molecule has 19 heavy (non-hydrogen) atoms. The second kappa shape index (κ2) is 5.73. The largest absolute Gasteiger partial charge is 0.466 e. The van der Waals surface area contributed by atoms with Gasteiger partial charge in [0.05, 0.1) is 12.5 Å². The molecule has 0 radical (unpaired) electrons. The number of nitrogens with two attached hydrogens (primary N) is 2. The van der Waals surface area contributed by atoms with Gasteiger partial charge in [0.15, 0.2) is 0 Å². The van der Waals surface area contributed by atoms with Gasteiger partial charge in [-0.2, -0.15) is 9.97 Å². The van der Waals surface area contributed by atoms with Crippen LogP contribution in [0.1, 0.15) is 19.8 Å². The van der Waals surface area contributed by atoms with Crippen molar-refractivity contribution in [1.29, 1.82) is 0 Å². The zero-order chi connectivity index (χ0) is 13.8. The molecule has 0 spiro atoms. The second-order valence-corrected chi connectivity index (χ2v) is 4.55. The third kappa shape index (κ3) is 3.24. The first-order valence-electron chi connectivity index (χ1n) is 6.41. The molecule has 0 aromatic carbocycles. The molecule has 0 aliphatic carbocycles. The maximum Gasteiger partial charge on any atom is 0.310 e. The monoisotopic (exact) mass is 265 g/mol. The molecular formula is C12H19N5O2. The van der Waals surface area contributed by atoms with Crippen molar-refractivity contribution >= 4 is 23.6 Å². The van der Waals surface area contributed by atoms with Gasteiger partial charge in [0.2, 0.25) is 5.95 Å². The number of hydrogen-bond donors (Lipinski definition) is 2. The lowest BCUT2D eigenvalue weighted by molar-refractivity contribution is -0.148. The summed E-state index contributed by atoms with van der Waals surface area (Å²) in [6, 6.07) is 1.67. The zero-order valence-corrected chi connectivity index (χ0v) is 11.0. The van der Waals surface area contributed by atoms with Crippen LogP contribution in [0, 0.1) is 5.92 Å². The highest BCUT2D eigenvalue weighted by Gasteiger charge is 2.27. The second-order valence-electron chi connectivity index (χ2n) is 4.55. The Balaban J connectivity index is 2.10. The van der Waals surface area contributed by atoms with Crippen LogP contribution >= 0.6 is 0 Å². The summed E-state index contributed by atoms with van der Waals surface area (Å²) < 4.78 is 5.07. The Morgan fingerprint density at radius 1 is 1.53 bits per heavy atom. The fourth-order valence-corrected chi connectivity index (χ4v) is 2.27. The van der Waals surface area contributed by atoms with E-state index in [0.717, 1.165) is 19.4 Å². The lowest BCUT2D eigenvalue weighted by Gasteiger charge is -2.32. The number of carbonyl (C=O) groups excluding carboxylic acids is 1. The lowest BCUT2D eigenvalue weighted by Crippen LogP contribution is -2.40. The molecule has 0 bridgehead atoms. The van der Waals surface area contributed by atoms with Gasteiger partial charge < -0.3 is 21.1 Å². The van der Waals surface area contributed by atoms with Crippen LogP contribution in [0.4, 0.5) is 17.6 Å². The summed E-state index contributed by atoms with van der Waals surface area (Å²) in [5, 5.41) is 0. The lowest BCUT2D eigenvalue weighted by atomic mass is 9.98. The van der Waals surface area contributed by atoms with E-state index in [1.165, 1.54) is 0 Å². The van der Waals surface area contributed by atoms with Crippen molar-refractivity contribution in [3.63, 3.8) is 0 Å². The number of anilines is 3. The normalized spacial score (nSPS) is 19.2. The van der Waals surface area contributed by atoms with Crippen LogP contribution in [-0.4, -0.2) is 35.6 Å². The fourth-order valence-electron chi connectivity index (χ4n) is 2.27. The molecule has 1 aromatic rings. The van der Waals surface area contributed by atoms with Crippen LogP contribution in [0.2, 0.25) is 0 Å². The van der Waals surface area contributed by atoms with E-state index >= 15 is 0 Å². The predicted octanol–water partition coefficient (Wildman–Crippen LogP) is 0.421. The van der Waals surface area contributed by atoms with Gasteiger partial charge >= 0.3 is 5.97 Å². The quantitative estimate of drug-likeness (QED) is 0.762. The summed E-state index contributed by atoms with van der Waals surface area (Å²) in [7, 11) is 0. The third-order valence-corrected chi connectivity index (χ3v) is 3.12. The zero-order valence-electron chi connectivity index (χ0n) is 11.0. The molecule has 0 saturated carbocycles. The van der Waals surface area contributed by atoms with Gasteiger partial charge in [-0.25, -0.2) is 0 Å². The topological polar surface area (TPSA) is 107 Å². The Hall–Kier alpha value is -2.05. The molecule has 104 valence electrons. The van der Waals surface area contributed by atoms with Crippen LogP contribution in [0.3, 0.4) is 0 Å².